The van der Waals surface area contributed by atoms with Crippen LogP contribution in [0.2, 0.25) is 0 Å². The number of rotatable bonds is 6. The van der Waals surface area contributed by atoms with Crippen LogP contribution in [0, 0.1) is 0 Å². The van der Waals surface area contributed by atoms with Gasteiger partial charge in [-0.3, -0.25) is 0 Å². The lowest BCUT2D eigenvalue weighted by Crippen LogP contribution is -2.47. The molecule has 4 fully saturated rings. The fourth-order valence-electron chi connectivity index (χ4n) is 4.46. The Hall–Kier alpha value is -0.720. The maximum atomic E-state index is 6.08. The predicted octanol–water partition coefficient (Wildman–Crippen LogP) is 4.26. The summed E-state index contributed by atoms with van der Waals surface area (Å²) >= 11 is 0. The van der Waals surface area contributed by atoms with E-state index in [0.717, 1.165) is 49.7 Å². The lowest BCUT2D eigenvalue weighted by atomic mass is 10.0. The predicted molar refractivity (Wildman–Crippen MR) is 102 cm³/mol. The first-order valence-corrected chi connectivity index (χ1v) is 10.2. The van der Waals surface area contributed by atoms with Gasteiger partial charge in [0.05, 0.1) is 36.6 Å². The van der Waals surface area contributed by atoms with Crippen molar-refractivity contribution in [2.75, 3.05) is 13.2 Å². The molecule has 0 amide bonds. The Balaban J connectivity index is 1.26. The van der Waals surface area contributed by atoms with E-state index >= 15 is 0 Å². The normalized spacial score (nSPS) is 34.4. The van der Waals surface area contributed by atoms with Gasteiger partial charge in [-0.1, -0.05) is 13.2 Å². The summed E-state index contributed by atoms with van der Waals surface area (Å²) in [5, 5.41) is 0. The minimum absolute atomic E-state index is 0.000936. The maximum absolute atomic E-state index is 6.08. The van der Waals surface area contributed by atoms with Crippen molar-refractivity contribution in [3.05, 3.63) is 24.3 Å². The van der Waals surface area contributed by atoms with E-state index in [9.17, 15) is 0 Å². The lowest BCUT2D eigenvalue weighted by Gasteiger charge is -2.42. The molecule has 4 aliphatic rings. The van der Waals surface area contributed by atoms with Crippen LogP contribution in [0.25, 0.3) is 0 Å². The van der Waals surface area contributed by atoms with Gasteiger partial charge in [0.15, 0.2) is 11.6 Å². The van der Waals surface area contributed by atoms with Crippen LogP contribution in [-0.4, -0.2) is 48.2 Å². The topological polar surface area (TPSA) is 46.2 Å². The van der Waals surface area contributed by atoms with Crippen molar-refractivity contribution in [2.24, 2.45) is 0 Å². The number of hydrogen-bond acceptors (Lipinski definition) is 5. The van der Waals surface area contributed by atoms with Crippen LogP contribution in [0.4, 0.5) is 0 Å². The molecule has 2 spiro atoms. The molecule has 0 bridgehead atoms. The number of hydrogen-bond donors (Lipinski definition) is 0. The fourth-order valence-corrected chi connectivity index (χ4v) is 4.46. The zero-order valence-corrected chi connectivity index (χ0v) is 17.3. The summed E-state index contributed by atoms with van der Waals surface area (Å²) in [4.78, 5) is 0. The Bertz CT molecular complexity index is 561. The Morgan fingerprint density at radius 2 is 1.15 bits per heavy atom. The van der Waals surface area contributed by atoms with Crippen LogP contribution in [-0.2, 0) is 23.7 Å². The molecule has 0 N–H and O–H groups in total. The highest BCUT2D eigenvalue weighted by molar-refractivity contribution is 5.14. The molecule has 2 aliphatic carbocycles. The first kappa shape index (κ1) is 19.6. The second-order valence-electron chi connectivity index (χ2n) is 9.80. The van der Waals surface area contributed by atoms with Crippen LogP contribution in [0.5, 0.6) is 0 Å². The third kappa shape index (κ3) is 4.48. The zero-order valence-electron chi connectivity index (χ0n) is 17.3. The quantitative estimate of drug-likeness (QED) is 0.646. The number of ether oxygens (including phenoxy) is 5. The highest BCUT2D eigenvalue weighted by Crippen LogP contribution is 2.52. The molecule has 27 heavy (non-hydrogen) atoms. The Morgan fingerprint density at radius 1 is 0.778 bits per heavy atom. The van der Waals surface area contributed by atoms with Gasteiger partial charge in [0.1, 0.15) is 0 Å². The molecular formula is C22H34O5. The molecule has 0 unspecified atom stereocenters. The highest BCUT2D eigenvalue weighted by Gasteiger charge is 2.55. The molecule has 152 valence electrons. The van der Waals surface area contributed by atoms with Crippen LogP contribution in [0.3, 0.4) is 0 Å². The largest absolute Gasteiger partial charge is 0.373 e. The van der Waals surface area contributed by atoms with Gasteiger partial charge in [0.25, 0.3) is 0 Å². The van der Waals surface area contributed by atoms with Crippen molar-refractivity contribution >= 4 is 0 Å². The zero-order chi connectivity index (χ0) is 19.5. The maximum Gasteiger partial charge on any atom is 0.164 e. The van der Waals surface area contributed by atoms with Crippen molar-refractivity contribution in [2.45, 2.75) is 101 Å². The molecule has 0 aromatic heterocycles. The third-order valence-electron chi connectivity index (χ3n) is 5.99. The molecule has 4 rings (SSSR count). The molecule has 2 heterocycles. The monoisotopic (exact) mass is 378 g/mol. The van der Waals surface area contributed by atoms with Gasteiger partial charge in [0, 0.05) is 12.8 Å². The average Bonchev–Trinajstić information content (AvgIpc) is 3.44. The minimum Gasteiger partial charge on any atom is -0.373 e. The Kier molecular flexibility index (Phi) is 4.64. The van der Waals surface area contributed by atoms with E-state index in [-0.39, 0.29) is 23.4 Å². The van der Waals surface area contributed by atoms with Crippen molar-refractivity contribution in [1.29, 1.82) is 0 Å². The molecule has 5 nitrogen and oxygen atoms in total. The summed E-state index contributed by atoms with van der Waals surface area (Å²) in [5.41, 5.74) is 1.94. The molecule has 2 aliphatic heterocycles. The van der Waals surface area contributed by atoms with E-state index in [4.69, 9.17) is 23.7 Å². The molecular weight excluding hydrogens is 344 g/mol. The van der Waals surface area contributed by atoms with Gasteiger partial charge >= 0.3 is 0 Å². The van der Waals surface area contributed by atoms with E-state index in [2.05, 4.69) is 13.2 Å². The summed E-state index contributed by atoms with van der Waals surface area (Å²) in [6.07, 6.45) is 6.16. The van der Waals surface area contributed by atoms with Crippen molar-refractivity contribution in [1.82, 2.24) is 0 Å². The third-order valence-corrected chi connectivity index (χ3v) is 5.99. The van der Waals surface area contributed by atoms with Crippen molar-refractivity contribution in [3.8, 4) is 0 Å². The first-order valence-electron chi connectivity index (χ1n) is 10.2. The van der Waals surface area contributed by atoms with Crippen LogP contribution < -0.4 is 0 Å². The van der Waals surface area contributed by atoms with E-state index < -0.39 is 11.6 Å². The summed E-state index contributed by atoms with van der Waals surface area (Å²) < 4.78 is 30.2. The van der Waals surface area contributed by atoms with E-state index in [0.29, 0.717) is 13.2 Å². The molecule has 5 heteroatoms. The SMILES string of the molecule is C=C(COCC(=C)[C@@H]1CC2(CC2)OC(C)(C)O1)[C@@H]1CC2(CC2)OC(C)(C)O1. The minimum atomic E-state index is -0.563. The molecule has 2 atom stereocenters. The van der Waals surface area contributed by atoms with E-state index in [1.165, 1.54) is 0 Å². The van der Waals surface area contributed by atoms with Gasteiger partial charge in [-0.25, -0.2) is 0 Å². The second kappa shape index (κ2) is 6.39. The first-order chi connectivity index (χ1) is 12.5. The fraction of sp³-hybridized carbons (Fsp3) is 0.818. The Morgan fingerprint density at radius 3 is 1.48 bits per heavy atom. The summed E-state index contributed by atoms with van der Waals surface area (Å²) in [6, 6.07) is 0. The van der Waals surface area contributed by atoms with E-state index in [1.807, 2.05) is 27.7 Å². The highest BCUT2D eigenvalue weighted by atomic mass is 16.7. The second-order valence-corrected chi connectivity index (χ2v) is 9.80. The average molecular weight is 379 g/mol. The smallest absolute Gasteiger partial charge is 0.164 e. The molecule has 2 saturated heterocycles. The molecule has 0 radical (unpaired) electrons. The van der Waals surface area contributed by atoms with Crippen LogP contribution in [0.15, 0.2) is 24.3 Å². The standard InChI is InChI=1S/C22H34O5/c1-15(17-11-21(7-8-21)26-19(3,4)24-17)13-23-14-16(2)18-12-22(9-10-22)27-20(5,6)25-18/h17-18H,1-2,7-14H2,3-6H3/t17-,18-/m0/s1. The summed E-state index contributed by atoms with van der Waals surface area (Å²) in [6.45, 7) is 17.3. The van der Waals surface area contributed by atoms with Crippen molar-refractivity contribution < 1.29 is 23.7 Å². The van der Waals surface area contributed by atoms with Crippen LogP contribution in [0.1, 0.15) is 66.2 Å². The molecule has 2 saturated carbocycles. The lowest BCUT2D eigenvalue weighted by molar-refractivity contribution is -0.302. The van der Waals surface area contributed by atoms with Gasteiger partial charge in [-0.15, -0.1) is 0 Å². The van der Waals surface area contributed by atoms with E-state index in [1.54, 1.807) is 0 Å². The Labute approximate surface area is 163 Å². The van der Waals surface area contributed by atoms with Crippen molar-refractivity contribution in [3.63, 3.8) is 0 Å². The summed E-state index contributed by atoms with van der Waals surface area (Å²) in [7, 11) is 0. The van der Waals surface area contributed by atoms with Gasteiger partial charge in [0.2, 0.25) is 0 Å². The van der Waals surface area contributed by atoms with Gasteiger partial charge < -0.3 is 23.7 Å². The van der Waals surface area contributed by atoms with Gasteiger partial charge in [-0.05, 0) is 64.5 Å². The van der Waals surface area contributed by atoms with Gasteiger partial charge in [-0.2, -0.15) is 0 Å². The van der Waals surface area contributed by atoms with Crippen LogP contribution >= 0.6 is 0 Å². The molecule has 0 aromatic carbocycles. The summed E-state index contributed by atoms with van der Waals surface area (Å²) in [5.74, 6) is -1.13. The molecule has 0 aromatic rings.